The molecule has 0 saturated heterocycles. The summed E-state index contributed by atoms with van der Waals surface area (Å²) in [6.07, 6.45) is 19.3. The normalized spacial score (nSPS) is 26.3. The van der Waals surface area contributed by atoms with E-state index in [0.717, 1.165) is 17.8 Å². The monoisotopic (exact) mass is 376 g/mol. The molecule has 0 amide bonds. The largest absolute Gasteiger partial charge is 0.0579 e. The van der Waals surface area contributed by atoms with E-state index in [2.05, 4.69) is 40.2 Å². The molecule has 0 atom stereocenters. The van der Waals surface area contributed by atoms with Crippen molar-refractivity contribution in [2.75, 3.05) is 0 Å². The lowest BCUT2D eigenvalue weighted by molar-refractivity contribution is 0.229. The lowest BCUT2D eigenvalue weighted by Crippen LogP contribution is -2.16. The van der Waals surface area contributed by atoms with Crippen molar-refractivity contribution in [3.8, 4) is 0 Å². The zero-order valence-corrected chi connectivity index (χ0v) is 16.2. The quantitative estimate of drug-likeness (QED) is 0.480. The maximum absolute atomic E-state index is 3.52. The molecule has 0 unspecified atom stereocenters. The average Bonchev–Trinajstić information content (AvgIpc) is 2.61. The minimum absolute atomic E-state index is 0.990. The van der Waals surface area contributed by atoms with Crippen molar-refractivity contribution in [2.45, 2.75) is 83.5 Å². The first-order chi connectivity index (χ1) is 11.3. The Bertz CT molecular complexity index is 436. The van der Waals surface area contributed by atoms with Crippen molar-refractivity contribution < 1.29 is 0 Å². The van der Waals surface area contributed by atoms with Gasteiger partial charge in [-0.3, -0.25) is 0 Å². The zero-order valence-electron chi connectivity index (χ0n) is 14.6. The van der Waals surface area contributed by atoms with Crippen LogP contribution in [0.1, 0.15) is 82.6 Å². The van der Waals surface area contributed by atoms with Gasteiger partial charge in [0.05, 0.1) is 0 Å². The van der Waals surface area contributed by atoms with Crippen LogP contribution in [0.15, 0.2) is 28.7 Å². The summed E-state index contributed by atoms with van der Waals surface area (Å²) in [5.74, 6) is 3.13. The Balaban J connectivity index is 1.31. The molecule has 1 aromatic rings. The van der Waals surface area contributed by atoms with E-state index >= 15 is 0 Å². The van der Waals surface area contributed by atoms with Crippen LogP contribution in [0.2, 0.25) is 0 Å². The topological polar surface area (TPSA) is 0 Å². The van der Waals surface area contributed by atoms with E-state index in [9.17, 15) is 0 Å². The van der Waals surface area contributed by atoms with Crippen LogP contribution in [0.5, 0.6) is 0 Å². The number of hydrogen-bond acceptors (Lipinski definition) is 0. The van der Waals surface area contributed by atoms with Crippen molar-refractivity contribution in [2.24, 2.45) is 17.8 Å². The van der Waals surface area contributed by atoms with E-state index in [4.69, 9.17) is 0 Å². The molecule has 0 bridgehead atoms. The molecule has 128 valence electrons. The van der Waals surface area contributed by atoms with E-state index < -0.39 is 0 Å². The molecule has 0 aromatic heterocycles. The second-order valence-corrected chi connectivity index (χ2v) is 9.05. The minimum atomic E-state index is 0.990. The lowest BCUT2D eigenvalue weighted by atomic mass is 9.76. The van der Waals surface area contributed by atoms with Gasteiger partial charge in [0.15, 0.2) is 0 Å². The fourth-order valence-electron chi connectivity index (χ4n) is 4.78. The molecule has 1 aromatic carbocycles. The summed E-state index contributed by atoms with van der Waals surface area (Å²) in [5, 5.41) is 0. The predicted molar refractivity (Wildman–Crippen MR) is 104 cm³/mol. The number of halogens is 1. The highest BCUT2D eigenvalue weighted by atomic mass is 79.9. The van der Waals surface area contributed by atoms with Crippen molar-refractivity contribution in [3.05, 3.63) is 34.3 Å². The summed E-state index contributed by atoms with van der Waals surface area (Å²) in [6, 6.07) is 8.91. The van der Waals surface area contributed by atoms with E-state index in [0.29, 0.717) is 0 Å². The van der Waals surface area contributed by atoms with Crippen molar-refractivity contribution in [3.63, 3.8) is 0 Å². The molecule has 1 heteroatoms. The number of benzene rings is 1. The smallest absolute Gasteiger partial charge is 0.0175 e. The molecule has 23 heavy (non-hydrogen) atoms. The van der Waals surface area contributed by atoms with Gasteiger partial charge < -0.3 is 0 Å². The fourth-order valence-corrected chi connectivity index (χ4v) is 5.04. The molecular weight excluding hydrogens is 344 g/mol. The molecule has 0 N–H and O–H groups in total. The highest BCUT2D eigenvalue weighted by molar-refractivity contribution is 9.10. The third-order valence-corrected chi connectivity index (χ3v) is 6.96. The summed E-state index contributed by atoms with van der Waals surface area (Å²) in [5.41, 5.74) is 1.51. The van der Waals surface area contributed by atoms with Gasteiger partial charge in [0.2, 0.25) is 0 Å². The molecule has 0 spiro atoms. The molecule has 0 radical (unpaired) electrons. The van der Waals surface area contributed by atoms with Gasteiger partial charge >= 0.3 is 0 Å². The molecule has 0 aliphatic heterocycles. The summed E-state index contributed by atoms with van der Waals surface area (Å²) in [6.45, 7) is 0. The van der Waals surface area contributed by atoms with Crippen LogP contribution in [-0.2, 0) is 6.42 Å². The predicted octanol–water partition coefficient (Wildman–Crippen LogP) is 7.55. The average molecular weight is 377 g/mol. The Labute approximate surface area is 151 Å². The van der Waals surface area contributed by atoms with Crippen molar-refractivity contribution >= 4 is 15.9 Å². The van der Waals surface area contributed by atoms with Gasteiger partial charge in [-0.1, -0.05) is 98.7 Å². The van der Waals surface area contributed by atoms with Crippen LogP contribution in [0.4, 0.5) is 0 Å². The molecular formula is C22H33Br. The third kappa shape index (κ3) is 5.93. The molecule has 3 rings (SSSR count). The maximum Gasteiger partial charge on any atom is 0.0175 e. The van der Waals surface area contributed by atoms with Crippen molar-refractivity contribution in [1.82, 2.24) is 0 Å². The second kappa shape index (κ2) is 9.25. The number of aryl methyl sites for hydroxylation is 1. The summed E-state index contributed by atoms with van der Waals surface area (Å²) in [4.78, 5) is 0. The van der Waals surface area contributed by atoms with E-state index in [1.807, 2.05) is 0 Å². The Kier molecular flexibility index (Phi) is 7.05. The maximum atomic E-state index is 3.52. The SMILES string of the molecule is Brc1ccc(CCC2CCC(CCC3CCCCC3)CC2)cc1. The molecule has 2 aliphatic carbocycles. The van der Waals surface area contributed by atoms with Gasteiger partial charge in [0, 0.05) is 4.47 Å². The van der Waals surface area contributed by atoms with Gasteiger partial charge in [0.1, 0.15) is 0 Å². The molecule has 0 heterocycles. The number of hydrogen-bond donors (Lipinski definition) is 0. The van der Waals surface area contributed by atoms with Gasteiger partial charge in [-0.15, -0.1) is 0 Å². The van der Waals surface area contributed by atoms with Crippen LogP contribution in [0.25, 0.3) is 0 Å². The first kappa shape index (κ1) is 17.5. The van der Waals surface area contributed by atoms with Crippen LogP contribution in [0, 0.1) is 17.8 Å². The zero-order chi connectivity index (χ0) is 15.9. The van der Waals surface area contributed by atoms with Crippen molar-refractivity contribution in [1.29, 1.82) is 0 Å². The Hall–Kier alpha value is -0.300. The van der Waals surface area contributed by atoms with Crippen LogP contribution >= 0.6 is 15.9 Å². The first-order valence-electron chi connectivity index (χ1n) is 10.0. The first-order valence-corrected chi connectivity index (χ1v) is 10.8. The highest BCUT2D eigenvalue weighted by Crippen LogP contribution is 2.36. The van der Waals surface area contributed by atoms with E-state index in [-0.39, 0.29) is 0 Å². The van der Waals surface area contributed by atoms with Crippen LogP contribution < -0.4 is 0 Å². The Morgan fingerprint density at radius 3 is 1.78 bits per heavy atom. The van der Waals surface area contributed by atoms with Crippen LogP contribution in [-0.4, -0.2) is 0 Å². The lowest BCUT2D eigenvalue weighted by Gasteiger charge is -2.30. The van der Waals surface area contributed by atoms with Gasteiger partial charge in [0.25, 0.3) is 0 Å². The third-order valence-electron chi connectivity index (χ3n) is 6.43. The summed E-state index contributed by atoms with van der Waals surface area (Å²) < 4.78 is 1.19. The summed E-state index contributed by atoms with van der Waals surface area (Å²) in [7, 11) is 0. The van der Waals surface area contributed by atoms with Gasteiger partial charge in [-0.05, 0) is 48.3 Å². The standard InChI is InChI=1S/C22H33Br/c23-22-16-14-21(15-17-22)13-12-20-10-8-19(9-11-20)7-6-18-4-2-1-3-5-18/h14-20H,1-13H2. The van der Waals surface area contributed by atoms with E-state index in [1.165, 1.54) is 93.5 Å². The van der Waals surface area contributed by atoms with E-state index in [1.54, 1.807) is 0 Å². The Morgan fingerprint density at radius 2 is 1.17 bits per heavy atom. The number of rotatable bonds is 6. The van der Waals surface area contributed by atoms with Gasteiger partial charge in [-0.2, -0.15) is 0 Å². The molecule has 0 nitrogen and oxygen atoms in total. The van der Waals surface area contributed by atoms with Crippen LogP contribution in [0.3, 0.4) is 0 Å². The minimum Gasteiger partial charge on any atom is -0.0579 e. The summed E-state index contributed by atoms with van der Waals surface area (Å²) >= 11 is 3.52. The highest BCUT2D eigenvalue weighted by Gasteiger charge is 2.22. The van der Waals surface area contributed by atoms with Gasteiger partial charge in [-0.25, -0.2) is 0 Å². The Morgan fingerprint density at radius 1 is 0.652 bits per heavy atom. The second-order valence-electron chi connectivity index (χ2n) is 8.13. The molecule has 2 aliphatic rings. The molecule has 2 saturated carbocycles. The fraction of sp³-hybridized carbons (Fsp3) is 0.727. The molecule has 2 fully saturated rings.